The van der Waals surface area contributed by atoms with Gasteiger partial charge in [-0.25, -0.2) is 23.5 Å². The third kappa shape index (κ3) is 6.36. The van der Waals surface area contributed by atoms with Crippen molar-refractivity contribution in [1.29, 1.82) is 0 Å². The van der Waals surface area contributed by atoms with Crippen LogP contribution in [0.25, 0.3) is 44.5 Å². The molecule has 0 saturated carbocycles. The van der Waals surface area contributed by atoms with E-state index in [0.717, 1.165) is 0 Å². The van der Waals surface area contributed by atoms with E-state index < -0.39 is 35.5 Å². The summed E-state index contributed by atoms with van der Waals surface area (Å²) in [7, 11) is 0. The van der Waals surface area contributed by atoms with Crippen molar-refractivity contribution in [2.24, 2.45) is 5.73 Å². The van der Waals surface area contributed by atoms with E-state index >= 15 is 0 Å². The van der Waals surface area contributed by atoms with Crippen LogP contribution in [0.3, 0.4) is 0 Å². The van der Waals surface area contributed by atoms with Crippen LogP contribution in [0.2, 0.25) is 0 Å². The van der Waals surface area contributed by atoms with Crippen LogP contribution >= 0.6 is 0 Å². The molecule has 4 aromatic carbocycles. The maximum atomic E-state index is 13.7. The van der Waals surface area contributed by atoms with Gasteiger partial charge in [0.25, 0.3) is 11.8 Å². The molecule has 0 aliphatic heterocycles. The lowest BCUT2D eigenvalue weighted by Crippen LogP contribution is -2.42. The standard InChI is InChI=1S/C34H25F2N5O5/c35-22-6-1-18(2-7-22)31-32(19-3-8-23(36)9-4-19)40-28-13-20(5-11-27(28)39-31)33(43)41-29(34(44)45)14-21-16-38-26-12-10-24(15-25(21)26)46-17-30(37)42/h1-13,15-16,29,38H,14,17H2,(H2,37,42)(H,41,43)(H,44,45)/t29-/m0/s1. The second-order valence-electron chi connectivity index (χ2n) is 10.5. The van der Waals surface area contributed by atoms with Crippen molar-refractivity contribution in [2.45, 2.75) is 12.5 Å². The van der Waals surface area contributed by atoms with Gasteiger partial charge in [-0.1, -0.05) is 0 Å². The molecule has 46 heavy (non-hydrogen) atoms. The number of carbonyl (C=O) groups excluding carboxylic acids is 2. The summed E-state index contributed by atoms with van der Waals surface area (Å²) >= 11 is 0. The van der Waals surface area contributed by atoms with Gasteiger partial charge in [0.1, 0.15) is 23.4 Å². The normalized spacial score (nSPS) is 11.8. The summed E-state index contributed by atoms with van der Waals surface area (Å²) in [5, 5.41) is 13.2. The highest BCUT2D eigenvalue weighted by Crippen LogP contribution is 2.32. The molecular weight excluding hydrogens is 596 g/mol. The van der Waals surface area contributed by atoms with E-state index in [4.69, 9.17) is 20.4 Å². The minimum Gasteiger partial charge on any atom is -0.484 e. The highest BCUT2D eigenvalue weighted by molar-refractivity contribution is 6.00. The number of nitrogens with one attached hydrogen (secondary N) is 2. The smallest absolute Gasteiger partial charge is 0.326 e. The largest absolute Gasteiger partial charge is 0.484 e. The van der Waals surface area contributed by atoms with Gasteiger partial charge in [-0.15, -0.1) is 0 Å². The summed E-state index contributed by atoms with van der Waals surface area (Å²) in [5.41, 5.74) is 9.35. The number of primary amides is 1. The minimum atomic E-state index is -1.29. The zero-order valence-corrected chi connectivity index (χ0v) is 24.0. The Balaban J connectivity index is 1.30. The van der Waals surface area contributed by atoms with Gasteiger partial charge in [-0.05, 0) is 90.5 Å². The van der Waals surface area contributed by atoms with Crippen molar-refractivity contribution in [3.63, 3.8) is 0 Å². The summed E-state index contributed by atoms with van der Waals surface area (Å²) in [5.74, 6) is -3.00. The number of hydrogen-bond acceptors (Lipinski definition) is 6. The van der Waals surface area contributed by atoms with Crippen LogP contribution in [-0.2, 0) is 16.0 Å². The molecular formula is C34H25F2N5O5. The number of fused-ring (bicyclic) bond motifs is 2. The molecule has 0 fully saturated rings. The number of carboxylic acid groups (broad SMARTS) is 1. The molecule has 5 N–H and O–H groups in total. The molecule has 0 saturated heterocycles. The number of H-pyrrole nitrogens is 1. The number of ether oxygens (including phenoxy) is 1. The second-order valence-corrected chi connectivity index (χ2v) is 10.5. The van der Waals surface area contributed by atoms with Gasteiger partial charge >= 0.3 is 5.97 Å². The highest BCUT2D eigenvalue weighted by Gasteiger charge is 2.24. The Kier molecular flexibility index (Phi) is 8.08. The van der Waals surface area contributed by atoms with Gasteiger partial charge in [0.05, 0.1) is 22.4 Å². The van der Waals surface area contributed by atoms with Crippen molar-refractivity contribution >= 4 is 39.7 Å². The van der Waals surface area contributed by atoms with E-state index in [0.29, 0.717) is 55.8 Å². The molecule has 2 heterocycles. The number of aromatic nitrogens is 3. The van der Waals surface area contributed by atoms with E-state index in [1.807, 2.05) is 0 Å². The van der Waals surface area contributed by atoms with Crippen LogP contribution < -0.4 is 15.8 Å². The number of amides is 2. The van der Waals surface area contributed by atoms with Gasteiger partial charge in [-0.3, -0.25) is 9.59 Å². The number of benzene rings is 4. The molecule has 0 unspecified atom stereocenters. The molecule has 10 nitrogen and oxygen atoms in total. The summed E-state index contributed by atoms with van der Waals surface area (Å²) < 4.78 is 32.7. The van der Waals surface area contributed by atoms with Crippen LogP contribution in [0.15, 0.2) is 91.1 Å². The fourth-order valence-electron chi connectivity index (χ4n) is 5.05. The van der Waals surface area contributed by atoms with Crippen molar-refractivity contribution < 1.29 is 33.0 Å². The van der Waals surface area contributed by atoms with Crippen LogP contribution in [-0.4, -0.2) is 50.5 Å². The minimum absolute atomic E-state index is 0.0521. The monoisotopic (exact) mass is 621 g/mol. The van der Waals surface area contributed by atoms with Crippen LogP contribution in [0.4, 0.5) is 8.78 Å². The Morgan fingerprint density at radius 1 is 0.848 bits per heavy atom. The van der Waals surface area contributed by atoms with E-state index in [1.54, 1.807) is 54.7 Å². The third-order valence-corrected chi connectivity index (χ3v) is 7.31. The number of carbonyl (C=O) groups is 3. The molecule has 0 radical (unpaired) electrons. The van der Waals surface area contributed by atoms with Gasteiger partial charge in [0, 0.05) is 40.2 Å². The molecule has 6 rings (SSSR count). The van der Waals surface area contributed by atoms with Gasteiger partial charge in [0.15, 0.2) is 6.61 Å². The molecule has 2 aromatic heterocycles. The maximum Gasteiger partial charge on any atom is 0.326 e. The Morgan fingerprint density at radius 3 is 2.09 bits per heavy atom. The average molecular weight is 622 g/mol. The van der Waals surface area contributed by atoms with E-state index in [9.17, 15) is 28.3 Å². The maximum absolute atomic E-state index is 13.7. The quantitative estimate of drug-likeness (QED) is 0.167. The predicted octanol–water partition coefficient (Wildman–Crippen LogP) is 5.01. The fraction of sp³-hybridized carbons (Fsp3) is 0.0882. The first kappa shape index (κ1) is 29.9. The summed E-state index contributed by atoms with van der Waals surface area (Å²) in [4.78, 5) is 49.2. The number of aliphatic carboxylic acids is 1. The number of carboxylic acids is 1. The Bertz CT molecular complexity index is 2110. The van der Waals surface area contributed by atoms with Crippen molar-refractivity contribution in [2.75, 3.05) is 6.61 Å². The molecule has 0 aliphatic carbocycles. The Hall–Kier alpha value is -6.17. The lowest BCUT2D eigenvalue weighted by atomic mass is 10.0. The molecule has 12 heteroatoms. The van der Waals surface area contributed by atoms with Gasteiger partial charge in [0.2, 0.25) is 0 Å². The second kappa shape index (κ2) is 12.4. The Labute approximate surface area is 259 Å². The number of rotatable bonds is 10. The van der Waals surface area contributed by atoms with Crippen LogP contribution in [0.1, 0.15) is 15.9 Å². The van der Waals surface area contributed by atoms with Gasteiger partial charge in [-0.2, -0.15) is 0 Å². The molecule has 0 aliphatic rings. The van der Waals surface area contributed by atoms with E-state index in [1.165, 1.54) is 36.4 Å². The molecule has 6 aromatic rings. The number of nitrogens with zero attached hydrogens (tertiary/aromatic N) is 2. The first-order valence-electron chi connectivity index (χ1n) is 14.0. The number of nitrogens with two attached hydrogens (primary N) is 1. The number of aromatic amines is 1. The molecule has 0 spiro atoms. The van der Waals surface area contributed by atoms with E-state index in [2.05, 4.69) is 10.3 Å². The predicted molar refractivity (Wildman–Crippen MR) is 166 cm³/mol. The molecule has 230 valence electrons. The first-order chi connectivity index (χ1) is 22.1. The van der Waals surface area contributed by atoms with Crippen LogP contribution in [0, 0.1) is 11.6 Å². The lowest BCUT2D eigenvalue weighted by molar-refractivity contribution is -0.139. The van der Waals surface area contributed by atoms with Crippen molar-refractivity contribution in [3.05, 3.63) is 114 Å². The first-order valence-corrected chi connectivity index (χ1v) is 14.0. The molecule has 1 atom stereocenters. The fourth-order valence-corrected chi connectivity index (χ4v) is 5.05. The zero-order valence-electron chi connectivity index (χ0n) is 24.0. The SMILES string of the molecule is NC(=O)COc1ccc2[nH]cc(C[C@H](NC(=O)c3ccc4nc(-c5ccc(F)cc5)c(-c5ccc(F)cc5)nc4c3)C(=O)O)c2c1. The van der Waals surface area contributed by atoms with Crippen molar-refractivity contribution in [1.82, 2.24) is 20.3 Å². The molecule has 2 amide bonds. The molecule has 0 bridgehead atoms. The highest BCUT2D eigenvalue weighted by atomic mass is 19.1. The topological polar surface area (TPSA) is 160 Å². The van der Waals surface area contributed by atoms with Crippen molar-refractivity contribution in [3.8, 4) is 28.3 Å². The van der Waals surface area contributed by atoms with E-state index in [-0.39, 0.29) is 18.6 Å². The number of halogens is 2. The summed E-state index contributed by atoms with van der Waals surface area (Å²) in [6.45, 7) is -0.311. The average Bonchev–Trinajstić information content (AvgIpc) is 3.45. The number of hydrogen-bond donors (Lipinski definition) is 4. The Morgan fingerprint density at radius 2 is 1.48 bits per heavy atom. The zero-order chi connectivity index (χ0) is 32.4. The summed E-state index contributed by atoms with van der Waals surface area (Å²) in [6.07, 6.45) is 1.59. The lowest BCUT2D eigenvalue weighted by Gasteiger charge is -2.15. The van der Waals surface area contributed by atoms with Gasteiger partial charge < -0.3 is 25.9 Å². The van der Waals surface area contributed by atoms with Crippen LogP contribution in [0.5, 0.6) is 5.75 Å². The summed E-state index contributed by atoms with van der Waals surface area (Å²) in [6, 6.07) is 19.7. The third-order valence-electron chi connectivity index (χ3n) is 7.31.